The average molecular weight is 426 g/mol. The summed E-state index contributed by atoms with van der Waals surface area (Å²) in [6.45, 7) is 4.33. The van der Waals surface area contributed by atoms with E-state index >= 15 is 0 Å². The lowest BCUT2D eigenvalue weighted by Crippen LogP contribution is -2.46. The van der Waals surface area contributed by atoms with Crippen molar-refractivity contribution in [1.29, 1.82) is 0 Å². The van der Waals surface area contributed by atoms with Crippen molar-refractivity contribution < 1.29 is 4.79 Å². The zero-order valence-electron chi connectivity index (χ0n) is 16.0. The molecule has 8 heteroatoms. The molecule has 1 fully saturated rings. The number of hydrogen-bond donors (Lipinski definition) is 1. The third kappa shape index (κ3) is 5.48. The van der Waals surface area contributed by atoms with Gasteiger partial charge in [-0.25, -0.2) is 0 Å². The first-order chi connectivity index (χ1) is 14.3. The first-order valence-corrected chi connectivity index (χ1v) is 11.4. The van der Waals surface area contributed by atoms with Gasteiger partial charge in [-0.15, -0.1) is 10.2 Å². The zero-order valence-corrected chi connectivity index (χ0v) is 17.7. The van der Waals surface area contributed by atoms with Crippen molar-refractivity contribution in [3.63, 3.8) is 0 Å². The molecular formula is C21H23N5OS2. The van der Waals surface area contributed by atoms with Gasteiger partial charge in [-0.3, -0.25) is 4.79 Å². The van der Waals surface area contributed by atoms with E-state index in [4.69, 9.17) is 0 Å². The Kier molecular flexibility index (Phi) is 6.63. The normalized spacial score (nSPS) is 14.1. The van der Waals surface area contributed by atoms with Crippen LogP contribution in [0.25, 0.3) is 0 Å². The molecule has 2 heterocycles. The summed E-state index contributed by atoms with van der Waals surface area (Å²) in [5.41, 5.74) is 2.36. The molecule has 1 aliphatic heterocycles. The third-order valence-corrected chi connectivity index (χ3v) is 6.84. The Bertz CT molecular complexity index is 911. The monoisotopic (exact) mass is 425 g/mol. The number of rotatable bonds is 7. The summed E-state index contributed by atoms with van der Waals surface area (Å²) >= 11 is 3.00. The number of benzene rings is 2. The van der Waals surface area contributed by atoms with Gasteiger partial charge in [0.05, 0.1) is 5.75 Å². The van der Waals surface area contributed by atoms with E-state index in [1.807, 2.05) is 36.4 Å². The van der Waals surface area contributed by atoms with Gasteiger partial charge in [-0.05, 0) is 17.7 Å². The molecule has 1 N–H and O–H groups in total. The van der Waals surface area contributed by atoms with Crippen LogP contribution in [0.2, 0.25) is 0 Å². The maximum atomic E-state index is 12.1. The second-order valence-corrected chi connectivity index (χ2v) is 8.89. The van der Waals surface area contributed by atoms with Gasteiger partial charge in [-0.1, -0.05) is 71.6 Å². The van der Waals surface area contributed by atoms with Crippen LogP contribution >= 0.6 is 23.1 Å². The van der Waals surface area contributed by atoms with Gasteiger partial charge in [0.1, 0.15) is 0 Å². The molecule has 0 spiro atoms. The number of carbonyl (C=O) groups is 1. The van der Waals surface area contributed by atoms with Crippen molar-refractivity contribution >= 4 is 39.8 Å². The fourth-order valence-electron chi connectivity index (χ4n) is 3.16. The molecule has 150 valence electrons. The third-order valence-electron chi connectivity index (χ3n) is 4.73. The lowest BCUT2D eigenvalue weighted by Gasteiger charge is -2.35. The Labute approximate surface area is 178 Å². The molecule has 6 nitrogen and oxygen atoms in total. The molecule has 3 aromatic rings. The number of nitrogens with zero attached hydrogens (tertiary/aromatic N) is 4. The van der Waals surface area contributed by atoms with E-state index in [1.54, 1.807) is 11.3 Å². The van der Waals surface area contributed by atoms with E-state index in [1.165, 1.54) is 17.4 Å². The Morgan fingerprint density at radius 2 is 1.59 bits per heavy atom. The molecule has 1 aromatic heterocycles. The van der Waals surface area contributed by atoms with Crippen LogP contribution in [0.5, 0.6) is 0 Å². The van der Waals surface area contributed by atoms with Gasteiger partial charge in [0.2, 0.25) is 11.0 Å². The number of hydrogen-bond acceptors (Lipinski definition) is 7. The average Bonchev–Trinajstić information content (AvgIpc) is 3.27. The molecule has 0 radical (unpaired) electrons. The van der Waals surface area contributed by atoms with Crippen LogP contribution in [-0.2, 0) is 11.3 Å². The SMILES string of the molecule is O=C(CSc1nnc(N2CCN(c3ccccc3)CC2)s1)NCc1ccccc1. The second kappa shape index (κ2) is 9.76. The number of aromatic nitrogens is 2. The highest BCUT2D eigenvalue weighted by molar-refractivity contribution is 8.01. The fraction of sp³-hybridized carbons (Fsp3) is 0.286. The van der Waals surface area contributed by atoms with Crippen molar-refractivity contribution in [3.05, 3.63) is 66.2 Å². The summed E-state index contributed by atoms with van der Waals surface area (Å²) in [7, 11) is 0. The molecule has 1 aliphatic rings. The number of piperazine rings is 1. The predicted octanol–water partition coefficient (Wildman–Crippen LogP) is 3.27. The Morgan fingerprint density at radius 3 is 2.31 bits per heavy atom. The molecule has 0 saturated carbocycles. The van der Waals surface area contributed by atoms with Crippen LogP contribution in [0.4, 0.5) is 10.8 Å². The number of para-hydroxylation sites is 1. The first-order valence-electron chi connectivity index (χ1n) is 9.60. The molecule has 0 atom stereocenters. The number of amides is 1. The molecule has 1 amide bonds. The van der Waals surface area contributed by atoms with Gasteiger partial charge in [0, 0.05) is 38.4 Å². The largest absolute Gasteiger partial charge is 0.368 e. The maximum Gasteiger partial charge on any atom is 0.230 e. The van der Waals surface area contributed by atoms with E-state index in [0.717, 1.165) is 41.2 Å². The van der Waals surface area contributed by atoms with Crippen LogP contribution < -0.4 is 15.1 Å². The molecule has 0 aliphatic carbocycles. The number of carbonyl (C=O) groups excluding carboxylic acids is 1. The molecule has 0 unspecified atom stereocenters. The quantitative estimate of drug-likeness (QED) is 0.586. The zero-order chi connectivity index (χ0) is 19.9. The van der Waals surface area contributed by atoms with Crippen LogP contribution in [0, 0.1) is 0 Å². The van der Waals surface area contributed by atoms with Crippen molar-refractivity contribution in [3.8, 4) is 0 Å². The summed E-state index contributed by atoms with van der Waals surface area (Å²) < 4.78 is 0.834. The number of anilines is 2. The molecule has 4 rings (SSSR count). The molecule has 1 saturated heterocycles. The van der Waals surface area contributed by atoms with Crippen molar-refractivity contribution in [1.82, 2.24) is 15.5 Å². The van der Waals surface area contributed by atoms with Gasteiger partial charge in [-0.2, -0.15) is 0 Å². The second-order valence-electron chi connectivity index (χ2n) is 6.71. The standard InChI is InChI=1S/C21H23N5OS2/c27-19(22-15-17-7-3-1-4-8-17)16-28-21-24-23-20(29-21)26-13-11-25(12-14-26)18-9-5-2-6-10-18/h1-10H,11-16H2,(H,22,27). The lowest BCUT2D eigenvalue weighted by atomic mass is 10.2. The van der Waals surface area contributed by atoms with Crippen molar-refractivity contribution in [2.45, 2.75) is 10.9 Å². The highest BCUT2D eigenvalue weighted by Crippen LogP contribution is 2.29. The Hall–Kier alpha value is -2.58. The molecular weight excluding hydrogens is 402 g/mol. The van der Waals surface area contributed by atoms with Crippen LogP contribution in [0.1, 0.15) is 5.56 Å². The summed E-state index contributed by atoms with van der Waals surface area (Å²) in [5, 5.41) is 12.5. The summed E-state index contributed by atoms with van der Waals surface area (Å²) in [4.78, 5) is 16.7. The Balaban J connectivity index is 1.22. The maximum absolute atomic E-state index is 12.1. The molecule has 29 heavy (non-hydrogen) atoms. The highest BCUT2D eigenvalue weighted by atomic mass is 32.2. The predicted molar refractivity (Wildman–Crippen MR) is 120 cm³/mol. The minimum Gasteiger partial charge on any atom is -0.368 e. The van der Waals surface area contributed by atoms with E-state index in [-0.39, 0.29) is 5.91 Å². The number of thioether (sulfide) groups is 1. The smallest absolute Gasteiger partial charge is 0.230 e. The minimum atomic E-state index is 0.00655. The minimum absolute atomic E-state index is 0.00655. The van der Waals surface area contributed by atoms with Crippen molar-refractivity contribution in [2.24, 2.45) is 0 Å². The number of nitrogens with one attached hydrogen (secondary N) is 1. The topological polar surface area (TPSA) is 61.4 Å². The summed E-state index contributed by atoms with van der Waals surface area (Å²) in [6.07, 6.45) is 0. The van der Waals surface area contributed by atoms with Gasteiger partial charge < -0.3 is 15.1 Å². The van der Waals surface area contributed by atoms with Crippen molar-refractivity contribution in [2.75, 3.05) is 41.7 Å². The lowest BCUT2D eigenvalue weighted by molar-refractivity contribution is -0.118. The van der Waals surface area contributed by atoms with E-state index in [0.29, 0.717) is 12.3 Å². The fourth-order valence-corrected chi connectivity index (χ4v) is 4.88. The van der Waals surface area contributed by atoms with E-state index in [2.05, 4.69) is 49.6 Å². The van der Waals surface area contributed by atoms with Gasteiger partial charge in [0.25, 0.3) is 0 Å². The summed E-state index contributed by atoms with van der Waals surface area (Å²) in [6, 6.07) is 20.4. The van der Waals surface area contributed by atoms with E-state index < -0.39 is 0 Å². The van der Waals surface area contributed by atoms with Gasteiger partial charge in [0.15, 0.2) is 4.34 Å². The van der Waals surface area contributed by atoms with Crippen LogP contribution in [0.15, 0.2) is 65.0 Å². The first kappa shape index (κ1) is 19.7. The van der Waals surface area contributed by atoms with Crippen LogP contribution in [-0.4, -0.2) is 48.0 Å². The summed E-state index contributed by atoms with van der Waals surface area (Å²) in [5.74, 6) is 0.357. The highest BCUT2D eigenvalue weighted by Gasteiger charge is 2.20. The Morgan fingerprint density at radius 1 is 0.931 bits per heavy atom. The molecule has 0 bridgehead atoms. The van der Waals surface area contributed by atoms with Crippen LogP contribution in [0.3, 0.4) is 0 Å². The van der Waals surface area contributed by atoms with E-state index in [9.17, 15) is 4.79 Å². The molecule has 2 aromatic carbocycles. The van der Waals surface area contributed by atoms with Gasteiger partial charge >= 0.3 is 0 Å².